The Balaban J connectivity index is 2.59. The Hall–Kier alpha value is -2.21. The van der Waals surface area contributed by atoms with Crippen LogP contribution in [0.2, 0.25) is 0 Å². The van der Waals surface area contributed by atoms with Crippen molar-refractivity contribution in [3.05, 3.63) is 29.6 Å². The van der Waals surface area contributed by atoms with Crippen LogP contribution in [-0.2, 0) is 0 Å². The SMILES string of the molecule is CC[N+]1(C(=O)O)C=Cc2cnc(OC)cc2C1=O. The highest BCUT2D eigenvalue weighted by molar-refractivity contribution is 6.00. The number of hydrogen-bond acceptors (Lipinski definition) is 4. The predicted molar refractivity (Wildman–Crippen MR) is 63.0 cm³/mol. The van der Waals surface area contributed by atoms with E-state index >= 15 is 0 Å². The van der Waals surface area contributed by atoms with E-state index in [1.807, 2.05) is 0 Å². The Labute approximate surface area is 104 Å². The van der Waals surface area contributed by atoms with Crippen molar-refractivity contribution < 1.29 is 23.9 Å². The molecule has 0 bridgehead atoms. The minimum Gasteiger partial charge on any atom is -0.481 e. The third-order valence-corrected chi connectivity index (χ3v) is 3.06. The van der Waals surface area contributed by atoms with Gasteiger partial charge in [0.15, 0.2) is 0 Å². The molecule has 2 amide bonds. The molecule has 0 spiro atoms. The predicted octanol–water partition coefficient (Wildman–Crippen LogP) is 1.73. The molecule has 1 aliphatic rings. The average Bonchev–Trinajstić information content (AvgIpc) is 2.39. The Morgan fingerprint density at radius 3 is 2.83 bits per heavy atom. The number of carbonyl (C=O) groups excluding carboxylic acids is 1. The van der Waals surface area contributed by atoms with E-state index in [2.05, 4.69) is 4.98 Å². The van der Waals surface area contributed by atoms with E-state index in [4.69, 9.17) is 4.74 Å². The Morgan fingerprint density at radius 1 is 1.56 bits per heavy atom. The van der Waals surface area contributed by atoms with Crippen molar-refractivity contribution in [1.29, 1.82) is 0 Å². The number of amides is 2. The fourth-order valence-corrected chi connectivity index (χ4v) is 1.90. The zero-order chi connectivity index (χ0) is 13.3. The maximum atomic E-state index is 12.3. The normalized spacial score (nSPS) is 21.6. The lowest BCUT2D eigenvalue weighted by Gasteiger charge is -2.27. The zero-order valence-electron chi connectivity index (χ0n) is 10.1. The van der Waals surface area contributed by atoms with Crippen molar-refractivity contribution in [3.8, 4) is 5.88 Å². The highest BCUT2D eigenvalue weighted by Gasteiger charge is 2.45. The van der Waals surface area contributed by atoms with Crippen molar-refractivity contribution in [1.82, 2.24) is 4.98 Å². The van der Waals surface area contributed by atoms with Gasteiger partial charge in [-0.1, -0.05) is 0 Å². The van der Waals surface area contributed by atoms with Gasteiger partial charge in [-0.3, -0.25) is 0 Å². The number of aromatic nitrogens is 1. The van der Waals surface area contributed by atoms with Gasteiger partial charge in [-0.2, -0.15) is 4.79 Å². The first kappa shape index (κ1) is 12.3. The molecule has 0 saturated carbocycles. The van der Waals surface area contributed by atoms with Crippen molar-refractivity contribution in [2.75, 3.05) is 13.7 Å². The molecule has 0 aromatic carbocycles. The summed E-state index contributed by atoms with van der Waals surface area (Å²) in [5, 5.41) is 9.26. The Morgan fingerprint density at radius 2 is 2.28 bits per heavy atom. The minimum absolute atomic E-state index is 0.148. The van der Waals surface area contributed by atoms with E-state index in [0.29, 0.717) is 11.1 Å². The molecule has 1 aromatic heterocycles. The molecule has 6 heteroatoms. The summed E-state index contributed by atoms with van der Waals surface area (Å²) < 4.78 is 4.21. The summed E-state index contributed by atoms with van der Waals surface area (Å²) >= 11 is 0. The van der Waals surface area contributed by atoms with E-state index < -0.39 is 16.5 Å². The molecule has 0 aliphatic carbocycles. The van der Waals surface area contributed by atoms with Crippen LogP contribution in [0.3, 0.4) is 0 Å². The number of quaternary nitrogens is 1. The monoisotopic (exact) mass is 249 g/mol. The van der Waals surface area contributed by atoms with Gasteiger partial charge in [0.2, 0.25) is 5.88 Å². The van der Waals surface area contributed by atoms with Gasteiger partial charge >= 0.3 is 12.0 Å². The fourth-order valence-electron chi connectivity index (χ4n) is 1.90. The van der Waals surface area contributed by atoms with Gasteiger partial charge in [0, 0.05) is 23.9 Å². The summed E-state index contributed by atoms with van der Waals surface area (Å²) in [6.07, 6.45) is 3.27. The number of nitrogens with zero attached hydrogens (tertiary/aromatic N) is 2. The fraction of sp³-hybridized carbons (Fsp3) is 0.250. The molecule has 0 radical (unpaired) electrons. The van der Waals surface area contributed by atoms with Crippen molar-refractivity contribution in [2.45, 2.75) is 6.92 Å². The quantitative estimate of drug-likeness (QED) is 0.808. The highest BCUT2D eigenvalue weighted by atomic mass is 16.5. The number of carbonyl (C=O) groups is 2. The summed E-state index contributed by atoms with van der Waals surface area (Å²) in [6.45, 7) is 1.80. The van der Waals surface area contributed by atoms with Gasteiger partial charge in [0.25, 0.3) is 0 Å². The van der Waals surface area contributed by atoms with Crippen LogP contribution in [-0.4, -0.2) is 40.2 Å². The first-order chi connectivity index (χ1) is 8.55. The molecule has 1 N–H and O–H groups in total. The number of imide groups is 1. The van der Waals surface area contributed by atoms with Crippen LogP contribution in [0.1, 0.15) is 22.8 Å². The molecule has 1 unspecified atom stereocenters. The Bertz CT molecular complexity index is 553. The molecule has 1 atom stereocenters. The van der Waals surface area contributed by atoms with Crippen molar-refractivity contribution >= 4 is 18.1 Å². The second kappa shape index (κ2) is 4.23. The number of carboxylic acid groups (broad SMARTS) is 1. The Kier molecular flexibility index (Phi) is 2.88. The smallest absolute Gasteiger partial charge is 0.481 e. The van der Waals surface area contributed by atoms with E-state index in [0.717, 1.165) is 0 Å². The average molecular weight is 249 g/mol. The van der Waals surface area contributed by atoms with Gasteiger partial charge in [0.1, 0.15) is 6.20 Å². The van der Waals surface area contributed by atoms with Gasteiger partial charge in [-0.05, 0) is 6.92 Å². The molecule has 1 aromatic rings. The molecule has 0 saturated heterocycles. The van der Waals surface area contributed by atoms with Crippen molar-refractivity contribution in [2.24, 2.45) is 0 Å². The molecule has 1 aliphatic heterocycles. The lowest BCUT2D eigenvalue weighted by atomic mass is 10.0. The van der Waals surface area contributed by atoms with Gasteiger partial charge in [0.05, 0.1) is 19.2 Å². The van der Waals surface area contributed by atoms with Crippen LogP contribution in [0.25, 0.3) is 6.08 Å². The minimum atomic E-state index is -1.19. The van der Waals surface area contributed by atoms with Crippen LogP contribution in [0.15, 0.2) is 18.5 Å². The molecule has 18 heavy (non-hydrogen) atoms. The molecule has 2 heterocycles. The van der Waals surface area contributed by atoms with Crippen molar-refractivity contribution in [3.63, 3.8) is 0 Å². The number of pyridine rings is 1. The lowest BCUT2D eigenvalue weighted by molar-refractivity contribution is -0.717. The summed E-state index contributed by atoms with van der Waals surface area (Å²) in [5.41, 5.74) is 0.915. The van der Waals surface area contributed by atoms with Gasteiger partial charge in [-0.25, -0.2) is 9.78 Å². The van der Waals surface area contributed by atoms with Crippen LogP contribution >= 0.6 is 0 Å². The van der Waals surface area contributed by atoms with Crippen LogP contribution in [0.4, 0.5) is 4.79 Å². The maximum absolute atomic E-state index is 12.3. The number of fused-ring (bicyclic) bond motifs is 1. The largest absolute Gasteiger partial charge is 0.526 e. The standard InChI is InChI=1S/C12H12N2O4/c1-3-14(12(16)17)5-4-8-7-13-10(18-2)6-9(8)11(14)15/h4-7H,3H2,1-2H3/p+1. The van der Waals surface area contributed by atoms with Crippen LogP contribution in [0, 0.1) is 0 Å². The number of hydrogen-bond donors (Lipinski definition) is 1. The molecular weight excluding hydrogens is 236 g/mol. The summed E-state index contributed by atoms with van der Waals surface area (Å²) in [5.74, 6) is -0.194. The highest BCUT2D eigenvalue weighted by Crippen LogP contribution is 2.27. The lowest BCUT2D eigenvalue weighted by Crippen LogP contribution is -2.53. The first-order valence-electron chi connectivity index (χ1n) is 5.44. The molecule has 2 rings (SSSR count). The molecule has 0 fully saturated rings. The maximum Gasteiger partial charge on any atom is 0.526 e. The third-order valence-electron chi connectivity index (χ3n) is 3.06. The zero-order valence-corrected chi connectivity index (χ0v) is 10.1. The van der Waals surface area contributed by atoms with E-state index in [1.165, 1.54) is 25.6 Å². The topological polar surface area (TPSA) is 76.5 Å². The molecule has 6 nitrogen and oxygen atoms in total. The second-order valence-electron chi connectivity index (χ2n) is 3.90. The van der Waals surface area contributed by atoms with E-state index in [1.54, 1.807) is 13.0 Å². The van der Waals surface area contributed by atoms with E-state index in [9.17, 15) is 14.7 Å². The van der Waals surface area contributed by atoms with Crippen LogP contribution < -0.4 is 4.74 Å². The summed E-state index contributed by atoms with van der Waals surface area (Å²) in [4.78, 5) is 27.7. The molecular formula is C12H13N2O4+. The second-order valence-corrected chi connectivity index (χ2v) is 3.90. The van der Waals surface area contributed by atoms with Gasteiger partial charge in [-0.15, -0.1) is 4.48 Å². The number of methoxy groups -OCH3 is 1. The first-order valence-corrected chi connectivity index (χ1v) is 5.44. The molecule has 94 valence electrons. The summed E-state index contributed by atoms with van der Waals surface area (Å²) in [7, 11) is 1.44. The van der Waals surface area contributed by atoms with Gasteiger partial charge < -0.3 is 9.84 Å². The summed E-state index contributed by atoms with van der Waals surface area (Å²) in [6, 6.07) is 1.47. The number of rotatable bonds is 2. The van der Waals surface area contributed by atoms with E-state index in [-0.39, 0.29) is 12.4 Å². The third kappa shape index (κ3) is 1.58. The van der Waals surface area contributed by atoms with Crippen LogP contribution in [0.5, 0.6) is 5.88 Å². The number of ether oxygens (including phenoxy) is 1.